The van der Waals surface area contributed by atoms with Crippen LogP contribution in [-0.2, 0) is 4.79 Å². The zero-order valence-corrected chi connectivity index (χ0v) is 13.8. The molecule has 0 bridgehead atoms. The lowest BCUT2D eigenvalue weighted by Crippen LogP contribution is -2.35. The molecule has 1 amide bonds. The van der Waals surface area contributed by atoms with Crippen molar-refractivity contribution < 1.29 is 9.53 Å². The zero-order valence-electron chi connectivity index (χ0n) is 13.8. The molecule has 2 rings (SSSR count). The van der Waals surface area contributed by atoms with Crippen molar-refractivity contribution in [3.63, 3.8) is 0 Å². The van der Waals surface area contributed by atoms with Gasteiger partial charge in [0, 0.05) is 19.1 Å². The number of methoxy groups -OCH3 is 1. The molecule has 5 heteroatoms. The van der Waals surface area contributed by atoms with Crippen LogP contribution >= 0.6 is 0 Å². The van der Waals surface area contributed by atoms with Crippen molar-refractivity contribution in [1.82, 2.24) is 10.2 Å². The summed E-state index contributed by atoms with van der Waals surface area (Å²) >= 11 is 0. The van der Waals surface area contributed by atoms with Crippen molar-refractivity contribution in [2.24, 2.45) is 5.92 Å². The van der Waals surface area contributed by atoms with Gasteiger partial charge in [-0.05, 0) is 44.9 Å². The zero-order chi connectivity index (χ0) is 15.9. The minimum absolute atomic E-state index is 0.0221. The SMILES string of the molecule is COc1ccccc1NCC(=O)NCC1CCN(C(C)C)C1. The third-order valence-electron chi connectivity index (χ3n) is 4.18. The number of ether oxygens (including phenoxy) is 1. The number of para-hydroxylation sites is 2. The number of likely N-dealkylation sites (tertiary alicyclic amines) is 1. The third-order valence-corrected chi connectivity index (χ3v) is 4.18. The first kappa shape index (κ1) is 16.6. The molecule has 1 heterocycles. The van der Waals surface area contributed by atoms with Crippen LogP contribution in [-0.4, -0.2) is 50.1 Å². The summed E-state index contributed by atoms with van der Waals surface area (Å²) < 4.78 is 5.25. The van der Waals surface area contributed by atoms with Gasteiger partial charge in [-0.25, -0.2) is 0 Å². The summed E-state index contributed by atoms with van der Waals surface area (Å²) in [4.78, 5) is 14.4. The molecule has 0 aliphatic carbocycles. The van der Waals surface area contributed by atoms with Crippen molar-refractivity contribution in [3.05, 3.63) is 24.3 Å². The molecule has 122 valence electrons. The maximum absolute atomic E-state index is 12.0. The van der Waals surface area contributed by atoms with Crippen LogP contribution in [0.1, 0.15) is 20.3 Å². The number of anilines is 1. The fourth-order valence-electron chi connectivity index (χ4n) is 2.79. The number of hydrogen-bond acceptors (Lipinski definition) is 4. The molecule has 0 aromatic heterocycles. The Morgan fingerprint density at radius 1 is 1.41 bits per heavy atom. The summed E-state index contributed by atoms with van der Waals surface area (Å²) in [6.45, 7) is 7.68. The second kappa shape index (κ2) is 8.03. The highest BCUT2D eigenvalue weighted by atomic mass is 16.5. The van der Waals surface area contributed by atoms with Gasteiger partial charge >= 0.3 is 0 Å². The lowest BCUT2D eigenvalue weighted by molar-refractivity contribution is -0.119. The van der Waals surface area contributed by atoms with Crippen molar-refractivity contribution in [3.8, 4) is 5.75 Å². The summed E-state index contributed by atoms with van der Waals surface area (Å²) in [5.41, 5.74) is 0.840. The average Bonchev–Trinajstić information content (AvgIpc) is 3.00. The van der Waals surface area contributed by atoms with E-state index in [1.54, 1.807) is 7.11 Å². The first-order valence-corrected chi connectivity index (χ1v) is 7.97. The fraction of sp³-hybridized carbons (Fsp3) is 0.588. The lowest BCUT2D eigenvalue weighted by Gasteiger charge is -2.20. The molecule has 1 aliphatic heterocycles. The minimum atomic E-state index is 0.0221. The van der Waals surface area contributed by atoms with E-state index in [1.165, 1.54) is 6.42 Å². The number of rotatable bonds is 7. The third kappa shape index (κ3) is 4.63. The van der Waals surface area contributed by atoms with Gasteiger partial charge in [0.1, 0.15) is 5.75 Å². The normalized spacial score (nSPS) is 18.5. The van der Waals surface area contributed by atoms with Crippen LogP contribution in [0.5, 0.6) is 5.75 Å². The number of hydrogen-bond donors (Lipinski definition) is 2. The van der Waals surface area contributed by atoms with E-state index in [9.17, 15) is 4.79 Å². The van der Waals surface area contributed by atoms with Gasteiger partial charge in [-0.1, -0.05) is 12.1 Å². The molecule has 2 N–H and O–H groups in total. The Morgan fingerprint density at radius 3 is 2.86 bits per heavy atom. The van der Waals surface area contributed by atoms with Gasteiger partial charge < -0.3 is 20.3 Å². The van der Waals surface area contributed by atoms with Crippen LogP contribution in [0.3, 0.4) is 0 Å². The first-order chi connectivity index (χ1) is 10.6. The standard InChI is InChI=1S/C17H27N3O2/c1-13(2)20-9-8-14(12-20)10-19-17(21)11-18-15-6-4-5-7-16(15)22-3/h4-7,13-14,18H,8-12H2,1-3H3,(H,19,21). The molecule has 1 aromatic rings. The Labute approximate surface area is 133 Å². The van der Waals surface area contributed by atoms with E-state index in [-0.39, 0.29) is 12.5 Å². The van der Waals surface area contributed by atoms with Crippen LogP contribution in [0.25, 0.3) is 0 Å². The molecule has 0 saturated carbocycles. The van der Waals surface area contributed by atoms with Gasteiger partial charge in [-0.2, -0.15) is 0 Å². The molecular formula is C17H27N3O2. The number of nitrogens with one attached hydrogen (secondary N) is 2. The topological polar surface area (TPSA) is 53.6 Å². The Kier molecular flexibility index (Phi) is 6.07. The van der Waals surface area contributed by atoms with E-state index in [0.29, 0.717) is 12.0 Å². The molecule has 1 atom stereocenters. The number of nitrogens with zero attached hydrogens (tertiary/aromatic N) is 1. The lowest BCUT2D eigenvalue weighted by atomic mass is 10.1. The molecule has 1 aromatic carbocycles. The monoisotopic (exact) mass is 305 g/mol. The number of benzene rings is 1. The van der Waals surface area contributed by atoms with Crippen LogP contribution in [0.2, 0.25) is 0 Å². The summed E-state index contributed by atoms with van der Waals surface area (Å²) in [5, 5.41) is 6.14. The molecular weight excluding hydrogens is 278 g/mol. The van der Waals surface area contributed by atoms with Gasteiger partial charge in [-0.15, -0.1) is 0 Å². The van der Waals surface area contributed by atoms with E-state index >= 15 is 0 Å². The summed E-state index contributed by atoms with van der Waals surface area (Å²) in [6, 6.07) is 8.20. The predicted molar refractivity (Wildman–Crippen MR) is 89.3 cm³/mol. The Balaban J connectivity index is 1.70. The number of carbonyl (C=O) groups is 1. The highest BCUT2D eigenvalue weighted by Gasteiger charge is 2.24. The first-order valence-electron chi connectivity index (χ1n) is 7.97. The number of amides is 1. The van der Waals surface area contributed by atoms with Crippen molar-refractivity contribution >= 4 is 11.6 Å². The maximum atomic E-state index is 12.0. The predicted octanol–water partition coefficient (Wildman–Crippen LogP) is 1.95. The highest BCUT2D eigenvalue weighted by Crippen LogP contribution is 2.22. The molecule has 1 saturated heterocycles. The maximum Gasteiger partial charge on any atom is 0.239 e. The fourth-order valence-corrected chi connectivity index (χ4v) is 2.79. The average molecular weight is 305 g/mol. The van der Waals surface area contributed by atoms with Crippen LogP contribution in [0, 0.1) is 5.92 Å². The van der Waals surface area contributed by atoms with Crippen molar-refractivity contribution in [2.75, 3.05) is 38.6 Å². The highest BCUT2D eigenvalue weighted by molar-refractivity contribution is 5.81. The summed E-state index contributed by atoms with van der Waals surface area (Å²) in [6.07, 6.45) is 1.17. The quantitative estimate of drug-likeness (QED) is 0.808. The van der Waals surface area contributed by atoms with Gasteiger partial charge in [-0.3, -0.25) is 4.79 Å². The van der Waals surface area contributed by atoms with E-state index in [0.717, 1.165) is 31.1 Å². The van der Waals surface area contributed by atoms with E-state index < -0.39 is 0 Å². The van der Waals surface area contributed by atoms with E-state index in [4.69, 9.17) is 4.74 Å². The largest absolute Gasteiger partial charge is 0.495 e. The second-order valence-electron chi connectivity index (χ2n) is 6.10. The Hall–Kier alpha value is -1.75. The molecule has 1 aliphatic rings. The summed E-state index contributed by atoms with van der Waals surface area (Å²) in [7, 11) is 1.63. The van der Waals surface area contributed by atoms with Crippen LogP contribution in [0.4, 0.5) is 5.69 Å². The molecule has 1 unspecified atom stereocenters. The van der Waals surface area contributed by atoms with Crippen molar-refractivity contribution in [2.45, 2.75) is 26.3 Å². The van der Waals surface area contributed by atoms with Gasteiger partial charge in [0.25, 0.3) is 0 Å². The Bertz CT molecular complexity index is 491. The van der Waals surface area contributed by atoms with Gasteiger partial charge in [0.2, 0.25) is 5.91 Å². The second-order valence-corrected chi connectivity index (χ2v) is 6.10. The van der Waals surface area contributed by atoms with Gasteiger partial charge in [0.15, 0.2) is 0 Å². The number of carbonyl (C=O) groups excluding carboxylic acids is 1. The van der Waals surface area contributed by atoms with E-state index in [2.05, 4.69) is 29.4 Å². The molecule has 0 spiro atoms. The minimum Gasteiger partial charge on any atom is -0.495 e. The molecule has 1 fully saturated rings. The van der Waals surface area contributed by atoms with Gasteiger partial charge in [0.05, 0.1) is 19.3 Å². The van der Waals surface area contributed by atoms with Crippen LogP contribution < -0.4 is 15.4 Å². The summed E-state index contributed by atoms with van der Waals surface area (Å²) in [5.74, 6) is 1.34. The molecule has 0 radical (unpaired) electrons. The molecule has 5 nitrogen and oxygen atoms in total. The Morgan fingerprint density at radius 2 is 2.18 bits per heavy atom. The van der Waals surface area contributed by atoms with Crippen molar-refractivity contribution in [1.29, 1.82) is 0 Å². The smallest absolute Gasteiger partial charge is 0.239 e. The van der Waals surface area contributed by atoms with Crippen LogP contribution in [0.15, 0.2) is 24.3 Å². The molecule has 22 heavy (non-hydrogen) atoms. The van der Waals surface area contributed by atoms with E-state index in [1.807, 2.05) is 24.3 Å².